The molecule has 36 valence electrons. The number of hydrogen-bond donors (Lipinski definition) is 0. The van der Waals surface area contributed by atoms with Crippen LogP contribution in [0.25, 0.3) is 0 Å². The Labute approximate surface area is 98.2 Å². The molecule has 0 fully saturated rings. The van der Waals surface area contributed by atoms with E-state index in [2.05, 4.69) is 0 Å². The van der Waals surface area contributed by atoms with Gasteiger partial charge in [-0.25, -0.2) is 0 Å². The van der Waals surface area contributed by atoms with E-state index in [0.29, 0.717) is 0 Å². The van der Waals surface area contributed by atoms with Crippen molar-refractivity contribution in [2.45, 2.75) is 0 Å². The van der Waals surface area contributed by atoms with E-state index in [1.54, 1.807) is 0 Å². The minimum absolute atomic E-state index is 0. The summed E-state index contributed by atoms with van der Waals surface area (Å²) in [7, 11) is 0. The average molecular weight is 190 g/mol. The Morgan fingerprint density at radius 3 is 0.714 bits per heavy atom. The molecule has 0 amide bonds. The van der Waals surface area contributed by atoms with E-state index in [-0.39, 0.29) is 99.3 Å². The maximum Gasteiger partial charge on any atom is 2.00 e. The smallest absolute Gasteiger partial charge is 2.00 e. The molecule has 0 aliphatic rings. The molecule has 0 heterocycles. The summed E-state index contributed by atoms with van der Waals surface area (Å²) < 4.78 is 0. The third-order valence-electron chi connectivity index (χ3n) is 0. The van der Waals surface area contributed by atoms with Gasteiger partial charge in [0.25, 0.3) is 0 Å². The molecule has 0 aliphatic heterocycles. The molecule has 0 aliphatic carbocycles. The zero-order valence-corrected chi connectivity index (χ0v) is 7.23. The fourth-order valence-corrected chi connectivity index (χ4v) is 0. The van der Waals surface area contributed by atoms with Gasteiger partial charge in [-0.15, -0.1) is 0 Å². The second-order valence-electron chi connectivity index (χ2n) is 0. The van der Waals surface area contributed by atoms with Crippen molar-refractivity contribution in [2.75, 3.05) is 0 Å². The van der Waals surface area contributed by atoms with E-state index >= 15 is 0 Å². The van der Waals surface area contributed by atoms with Gasteiger partial charge in [0.2, 0.25) is 0 Å². The van der Waals surface area contributed by atoms with E-state index in [0.717, 1.165) is 0 Å². The Hall–Kier alpha value is 2.65. The summed E-state index contributed by atoms with van der Waals surface area (Å²) in [5.74, 6) is 0. The normalized spacial score (nSPS) is 0. The van der Waals surface area contributed by atoms with E-state index in [9.17, 15) is 0 Å². The van der Waals surface area contributed by atoms with Gasteiger partial charge in [-0.3, -0.25) is 0 Å². The largest absolute Gasteiger partial charge is 2.00 e. The molecule has 2 nitrogen and oxygen atoms in total. The van der Waals surface area contributed by atoms with Gasteiger partial charge in [0.15, 0.2) is 0 Å². The maximum absolute atomic E-state index is 0. The van der Waals surface area contributed by atoms with Gasteiger partial charge in [0.1, 0.15) is 0 Å². The molecule has 0 saturated carbocycles. The molecule has 0 aromatic rings. The first-order valence-electron chi connectivity index (χ1n) is 0. The van der Waals surface area contributed by atoms with Crippen molar-refractivity contribution in [3.63, 3.8) is 0 Å². The topological polar surface area (TPSA) is 57.0 Å². The van der Waals surface area contributed by atoms with Crippen LogP contribution in [0.3, 0.4) is 0 Å². The summed E-state index contributed by atoms with van der Waals surface area (Å²) in [6.07, 6.45) is 0. The van der Waals surface area contributed by atoms with Crippen molar-refractivity contribution in [1.29, 1.82) is 0 Å². The zero-order valence-electron chi connectivity index (χ0n) is 4.04. The first-order chi connectivity index (χ1) is 0. The van der Waals surface area contributed by atoms with Crippen LogP contribution in [0.5, 0.6) is 0 Å². The van der Waals surface area contributed by atoms with Gasteiger partial charge >= 0.3 is 54.5 Å². The predicted molar refractivity (Wildman–Crippen MR) is 7.13 cm³/mol. The third-order valence-corrected chi connectivity index (χ3v) is 0. The fourth-order valence-electron chi connectivity index (χ4n) is 0. The molecule has 0 aromatic carbocycles. The van der Waals surface area contributed by atoms with Crippen LogP contribution in [-0.2, 0) is 44.2 Å². The maximum atomic E-state index is 0. The van der Waals surface area contributed by atoms with E-state index in [1.165, 1.54) is 0 Å². The Bertz CT molecular complexity index is 15.7. The Morgan fingerprint density at radius 2 is 0.714 bits per heavy atom. The molecular formula is AlCoLi2NiO2. The molecule has 0 N–H and O–H groups in total. The Kier molecular flexibility index (Phi) is 1060. The SMILES string of the molecule is [Al].[Co+2].[Li+].[Li+].[Ni].[O-2].[O-2]. The fraction of sp³-hybridized carbons (Fsp3) is 0. The minimum Gasteiger partial charge on any atom is -2.00 e. The van der Waals surface area contributed by atoms with Gasteiger partial charge < -0.3 is 11.0 Å². The Balaban J connectivity index is 0. The zero-order chi connectivity index (χ0) is 0. The van der Waals surface area contributed by atoms with Crippen molar-refractivity contribution in [1.82, 2.24) is 0 Å². The quantitative estimate of drug-likeness (QED) is 0.341. The van der Waals surface area contributed by atoms with E-state index in [1.807, 2.05) is 0 Å². The minimum atomic E-state index is 0. The molecule has 0 atom stereocenters. The van der Waals surface area contributed by atoms with Gasteiger partial charge in [0, 0.05) is 33.9 Å². The van der Waals surface area contributed by atoms with Crippen LogP contribution >= 0.6 is 0 Å². The van der Waals surface area contributed by atoms with Gasteiger partial charge in [-0.2, -0.15) is 0 Å². The van der Waals surface area contributed by atoms with Gasteiger partial charge in [-0.1, -0.05) is 0 Å². The molecule has 0 aromatic heterocycles. The van der Waals surface area contributed by atoms with E-state index < -0.39 is 0 Å². The number of rotatable bonds is 0. The molecule has 0 saturated heterocycles. The standard InChI is InChI=1S/Al.Co.2Li.Ni.2O/q;+2;2*+1;;2*-2. The average Bonchev–Trinajstić information content (AvgIpc) is 0. The second kappa shape index (κ2) is 72.2. The van der Waals surface area contributed by atoms with Crippen molar-refractivity contribution in [2.24, 2.45) is 0 Å². The third kappa shape index (κ3) is 54.5. The van der Waals surface area contributed by atoms with Gasteiger partial charge in [0.05, 0.1) is 0 Å². The first-order valence-corrected chi connectivity index (χ1v) is 0. The molecule has 0 bridgehead atoms. The summed E-state index contributed by atoms with van der Waals surface area (Å²) in [5.41, 5.74) is 0. The molecule has 7 heteroatoms. The summed E-state index contributed by atoms with van der Waals surface area (Å²) >= 11 is 0. The van der Waals surface area contributed by atoms with Crippen molar-refractivity contribution in [3.8, 4) is 0 Å². The molecule has 4 radical (unpaired) electrons. The van der Waals surface area contributed by atoms with Gasteiger partial charge in [-0.05, 0) is 0 Å². The molecule has 0 rings (SSSR count). The molecular weight excluding hydrogens is 190 g/mol. The Morgan fingerprint density at radius 1 is 0.714 bits per heavy atom. The second-order valence-corrected chi connectivity index (χ2v) is 0. The van der Waals surface area contributed by atoms with E-state index in [4.69, 9.17) is 0 Å². The van der Waals surface area contributed by atoms with Crippen molar-refractivity contribution in [3.05, 3.63) is 0 Å². The van der Waals surface area contributed by atoms with Crippen LogP contribution in [0.15, 0.2) is 0 Å². The van der Waals surface area contributed by atoms with Crippen LogP contribution < -0.4 is 37.7 Å². The molecule has 7 heavy (non-hydrogen) atoms. The van der Waals surface area contributed by atoms with Crippen molar-refractivity contribution >= 4 is 17.4 Å². The van der Waals surface area contributed by atoms with Crippen LogP contribution in [-0.4, -0.2) is 17.4 Å². The summed E-state index contributed by atoms with van der Waals surface area (Å²) in [5, 5.41) is 0. The van der Waals surface area contributed by atoms with Crippen LogP contribution in [0.1, 0.15) is 0 Å². The molecule has 0 spiro atoms. The summed E-state index contributed by atoms with van der Waals surface area (Å²) in [6, 6.07) is 0. The summed E-state index contributed by atoms with van der Waals surface area (Å²) in [4.78, 5) is 0. The summed E-state index contributed by atoms with van der Waals surface area (Å²) in [6.45, 7) is 0. The van der Waals surface area contributed by atoms with Crippen LogP contribution in [0.2, 0.25) is 0 Å². The van der Waals surface area contributed by atoms with Crippen LogP contribution in [0, 0.1) is 0 Å². The first kappa shape index (κ1) is 103. The molecule has 0 unspecified atom stereocenters. The van der Waals surface area contributed by atoms with Crippen molar-refractivity contribution < 1.29 is 81.9 Å². The number of hydrogen-bond acceptors (Lipinski definition) is 0. The van der Waals surface area contributed by atoms with Crippen LogP contribution in [0.4, 0.5) is 0 Å². The predicted octanol–water partition coefficient (Wildman–Crippen LogP) is -6.62. The monoisotopic (exact) mass is 190 g/mol.